The van der Waals surface area contributed by atoms with Gasteiger partial charge in [-0.25, -0.2) is 0 Å². The average Bonchev–Trinajstić information content (AvgIpc) is 2.37. The molecule has 2 rings (SSSR count). The molecule has 19 heavy (non-hydrogen) atoms. The number of carbonyl (C=O) groups excluding carboxylic acids is 1. The highest BCUT2D eigenvalue weighted by molar-refractivity contribution is 6.35. The first-order valence-electron chi connectivity index (χ1n) is 5.64. The third-order valence-electron chi connectivity index (χ3n) is 2.55. The van der Waals surface area contributed by atoms with Crippen molar-refractivity contribution >= 4 is 40.5 Å². The first kappa shape index (κ1) is 13.7. The molecule has 0 bridgehead atoms. The van der Waals surface area contributed by atoms with Crippen molar-refractivity contribution in [2.24, 2.45) is 0 Å². The van der Waals surface area contributed by atoms with E-state index in [9.17, 15) is 4.79 Å². The zero-order valence-electron chi connectivity index (χ0n) is 9.99. The van der Waals surface area contributed by atoms with Crippen molar-refractivity contribution in [3.8, 4) is 0 Å². The summed E-state index contributed by atoms with van der Waals surface area (Å²) < 4.78 is 0. The van der Waals surface area contributed by atoms with Crippen LogP contribution in [0, 0.1) is 0 Å². The minimum absolute atomic E-state index is 0.158. The summed E-state index contributed by atoms with van der Waals surface area (Å²) in [6.45, 7) is 0. The summed E-state index contributed by atoms with van der Waals surface area (Å²) in [7, 11) is 0. The lowest BCUT2D eigenvalue weighted by Gasteiger charge is -2.08. The Morgan fingerprint density at radius 3 is 2.47 bits per heavy atom. The fourth-order valence-corrected chi connectivity index (χ4v) is 1.95. The minimum Gasteiger partial charge on any atom is -0.399 e. The number of benzene rings is 2. The van der Waals surface area contributed by atoms with Crippen molar-refractivity contribution in [3.05, 3.63) is 58.1 Å². The summed E-state index contributed by atoms with van der Waals surface area (Å²) >= 11 is 11.8. The van der Waals surface area contributed by atoms with Crippen LogP contribution in [0.5, 0.6) is 0 Å². The summed E-state index contributed by atoms with van der Waals surface area (Å²) in [5.74, 6) is -0.158. The molecule has 0 saturated heterocycles. The summed E-state index contributed by atoms with van der Waals surface area (Å²) in [6.07, 6.45) is 0.253. The molecule has 0 fully saturated rings. The van der Waals surface area contributed by atoms with Gasteiger partial charge < -0.3 is 11.1 Å². The largest absolute Gasteiger partial charge is 0.399 e. The van der Waals surface area contributed by atoms with E-state index in [1.54, 1.807) is 30.3 Å². The Morgan fingerprint density at radius 2 is 1.79 bits per heavy atom. The van der Waals surface area contributed by atoms with Gasteiger partial charge in [-0.05, 0) is 35.9 Å². The van der Waals surface area contributed by atoms with Crippen molar-refractivity contribution in [1.29, 1.82) is 0 Å². The first-order chi connectivity index (χ1) is 9.04. The number of anilines is 2. The second kappa shape index (κ2) is 5.95. The van der Waals surface area contributed by atoms with E-state index in [0.29, 0.717) is 21.4 Å². The van der Waals surface area contributed by atoms with Crippen LogP contribution in [0.4, 0.5) is 11.4 Å². The van der Waals surface area contributed by atoms with Crippen LogP contribution in [0.1, 0.15) is 5.56 Å². The molecule has 0 spiro atoms. The van der Waals surface area contributed by atoms with Gasteiger partial charge in [-0.3, -0.25) is 4.79 Å². The highest BCUT2D eigenvalue weighted by Crippen LogP contribution is 2.25. The molecule has 2 aromatic rings. The van der Waals surface area contributed by atoms with Gasteiger partial charge in [-0.1, -0.05) is 35.3 Å². The Morgan fingerprint density at radius 1 is 1.11 bits per heavy atom. The second-order valence-corrected chi connectivity index (χ2v) is 4.93. The van der Waals surface area contributed by atoms with Crippen LogP contribution in [0.25, 0.3) is 0 Å². The quantitative estimate of drug-likeness (QED) is 0.847. The minimum atomic E-state index is -0.158. The number of nitrogens with two attached hydrogens (primary N) is 1. The monoisotopic (exact) mass is 294 g/mol. The molecule has 0 aliphatic carbocycles. The fraction of sp³-hybridized carbons (Fsp3) is 0.0714. The van der Waals surface area contributed by atoms with Gasteiger partial charge in [0.1, 0.15) is 0 Å². The van der Waals surface area contributed by atoms with Crippen molar-refractivity contribution < 1.29 is 4.79 Å². The molecule has 0 saturated carbocycles. The van der Waals surface area contributed by atoms with E-state index in [-0.39, 0.29) is 12.3 Å². The number of amides is 1. The van der Waals surface area contributed by atoms with E-state index in [1.807, 2.05) is 12.1 Å². The van der Waals surface area contributed by atoms with Gasteiger partial charge in [-0.2, -0.15) is 0 Å². The first-order valence-corrected chi connectivity index (χ1v) is 6.39. The summed E-state index contributed by atoms with van der Waals surface area (Å²) in [5, 5.41) is 3.70. The van der Waals surface area contributed by atoms with Crippen LogP contribution in [-0.4, -0.2) is 5.91 Å². The Balaban J connectivity index is 2.05. The molecule has 2 aromatic carbocycles. The third-order valence-corrected chi connectivity index (χ3v) is 3.11. The van der Waals surface area contributed by atoms with Crippen LogP contribution >= 0.6 is 23.2 Å². The van der Waals surface area contributed by atoms with Crippen LogP contribution < -0.4 is 11.1 Å². The number of carbonyl (C=O) groups is 1. The van der Waals surface area contributed by atoms with E-state index in [4.69, 9.17) is 28.9 Å². The van der Waals surface area contributed by atoms with E-state index in [2.05, 4.69) is 5.32 Å². The van der Waals surface area contributed by atoms with Crippen LogP contribution in [0.2, 0.25) is 10.0 Å². The molecule has 0 aliphatic heterocycles. The number of nitrogens with one attached hydrogen (secondary N) is 1. The molecule has 0 atom stereocenters. The predicted molar refractivity (Wildman–Crippen MR) is 79.7 cm³/mol. The molecule has 98 valence electrons. The number of hydrogen-bond donors (Lipinski definition) is 2. The van der Waals surface area contributed by atoms with Gasteiger partial charge >= 0.3 is 0 Å². The maximum absolute atomic E-state index is 11.9. The van der Waals surface area contributed by atoms with E-state index < -0.39 is 0 Å². The van der Waals surface area contributed by atoms with Crippen molar-refractivity contribution in [2.45, 2.75) is 6.42 Å². The smallest absolute Gasteiger partial charge is 0.228 e. The normalized spacial score (nSPS) is 10.2. The SMILES string of the molecule is Nc1ccc(CC(=O)Nc2cc(Cl)ccc2Cl)cc1. The lowest BCUT2D eigenvalue weighted by atomic mass is 10.1. The molecular formula is C14H12Cl2N2O. The third kappa shape index (κ3) is 3.88. The van der Waals surface area contributed by atoms with Gasteiger partial charge in [0.15, 0.2) is 0 Å². The molecule has 3 nitrogen and oxygen atoms in total. The van der Waals surface area contributed by atoms with E-state index in [0.717, 1.165) is 5.56 Å². The number of hydrogen-bond acceptors (Lipinski definition) is 2. The number of rotatable bonds is 3. The van der Waals surface area contributed by atoms with Gasteiger partial charge in [0.2, 0.25) is 5.91 Å². The molecule has 3 N–H and O–H groups in total. The van der Waals surface area contributed by atoms with Gasteiger partial charge in [0.05, 0.1) is 17.1 Å². The van der Waals surface area contributed by atoms with Gasteiger partial charge in [0, 0.05) is 10.7 Å². The van der Waals surface area contributed by atoms with E-state index >= 15 is 0 Å². The Kier molecular flexibility index (Phi) is 4.30. The summed E-state index contributed by atoms with van der Waals surface area (Å²) in [4.78, 5) is 11.9. The van der Waals surface area contributed by atoms with Crippen LogP contribution in [0.15, 0.2) is 42.5 Å². The Bertz CT molecular complexity index is 597. The van der Waals surface area contributed by atoms with Crippen molar-refractivity contribution in [1.82, 2.24) is 0 Å². The van der Waals surface area contributed by atoms with Crippen LogP contribution in [-0.2, 0) is 11.2 Å². The molecule has 0 aromatic heterocycles. The molecule has 0 unspecified atom stereocenters. The molecule has 1 amide bonds. The standard InChI is InChI=1S/C14H12Cl2N2O/c15-10-3-6-12(16)13(8-10)18-14(19)7-9-1-4-11(17)5-2-9/h1-6,8H,7,17H2,(H,18,19). The molecule has 0 radical (unpaired) electrons. The number of nitrogen functional groups attached to an aromatic ring is 1. The van der Waals surface area contributed by atoms with Crippen molar-refractivity contribution in [3.63, 3.8) is 0 Å². The molecule has 5 heteroatoms. The maximum atomic E-state index is 11.9. The summed E-state index contributed by atoms with van der Waals surface area (Å²) in [6, 6.07) is 12.1. The Hall–Kier alpha value is -1.71. The topological polar surface area (TPSA) is 55.1 Å². The Labute approximate surface area is 121 Å². The van der Waals surface area contributed by atoms with E-state index in [1.165, 1.54) is 0 Å². The maximum Gasteiger partial charge on any atom is 0.228 e. The molecule has 0 aliphatic rings. The molecular weight excluding hydrogens is 283 g/mol. The molecule has 0 heterocycles. The number of halogens is 2. The summed E-state index contributed by atoms with van der Waals surface area (Å²) in [5.41, 5.74) is 7.64. The second-order valence-electron chi connectivity index (χ2n) is 4.09. The highest BCUT2D eigenvalue weighted by atomic mass is 35.5. The fourth-order valence-electron chi connectivity index (χ4n) is 1.61. The zero-order chi connectivity index (χ0) is 13.8. The zero-order valence-corrected chi connectivity index (χ0v) is 11.5. The van der Waals surface area contributed by atoms with Crippen LogP contribution in [0.3, 0.4) is 0 Å². The predicted octanol–water partition coefficient (Wildman–Crippen LogP) is 3.76. The van der Waals surface area contributed by atoms with Crippen molar-refractivity contribution in [2.75, 3.05) is 11.1 Å². The van der Waals surface area contributed by atoms with Gasteiger partial charge in [0.25, 0.3) is 0 Å². The average molecular weight is 295 g/mol. The highest BCUT2D eigenvalue weighted by Gasteiger charge is 2.07. The lowest BCUT2D eigenvalue weighted by molar-refractivity contribution is -0.115. The lowest BCUT2D eigenvalue weighted by Crippen LogP contribution is -2.14. The van der Waals surface area contributed by atoms with Gasteiger partial charge in [-0.15, -0.1) is 0 Å².